The molecule has 10 heteroatoms. The molecule has 1 aromatic heterocycles. The zero-order valence-corrected chi connectivity index (χ0v) is 19.6. The zero-order chi connectivity index (χ0) is 23.5. The number of benzene rings is 2. The maximum atomic E-state index is 12.8. The summed E-state index contributed by atoms with van der Waals surface area (Å²) in [5.74, 6) is 0.0303. The van der Waals surface area contributed by atoms with Crippen LogP contribution in [0, 0.1) is 10.1 Å². The topological polar surface area (TPSA) is 90.5 Å². The van der Waals surface area contributed by atoms with Gasteiger partial charge in [0.15, 0.2) is 5.75 Å². The highest BCUT2D eigenvalue weighted by Crippen LogP contribution is 2.37. The van der Waals surface area contributed by atoms with E-state index in [2.05, 4.69) is 0 Å². The number of rotatable bonds is 7. The van der Waals surface area contributed by atoms with Crippen LogP contribution < -0.4 is 4.74 Å². The molecule has 0 spiro atoms. The number of thiocarbonyl (C=S) groups is 1. The maximum absolute atomic E-state index is 12.8. The number of para-hydroxylation sites is 1. The third-order valence-electron chi connectivity index (χ3n) is 4.97. The van der Waals surface area contributed by atoms with E-state index in [1.54, 1.807) is 36.0 Å². The lowest BCUT2D eigenvalue weighted by atomic mass is 10.1. The van der Waals surface area contributed by atoms with Gasteiger partial charge in [-0.1, -0.05) is 42.2 Å². The van der Waals surface area contributed by atoms with Gasteiger partial charge in [-0.15, -0.1) is 0 Å². The number of ether oxygens (including phenoxy) is 1. The number of amides is 1. The summed E-state index contributed by atoms with van der Waals surface area (Å²) in [5.41, 5.74) is 2.37. The molecule has 0 aliphatic carbocycles. The number of hydrogen-bond acceptors (Lipinski definition) is 7. The number of nitrogens with zero attached hydrogens (tertiary/aromatic N) is 4. The van der Waals surface area contributed by atoms with E-state index in [-0.39, 0.29) is 17.3 Å². The lowest BCUT2D eigenvalue weighted by molar-refractivity contribution is -0.385. The van der Waals surface area contributed by atoms with Crippen molar-refractivity contribution in [3.63, 3.8) is 0 Å². The van der Waals surface area contributed by atoms with Crippen molar-refractivity contribution in [2.75, 3.05) is 13.2 Å². The quantitative estimate of drug-likeness (QED) is 0.202. The molecule has 168 valence electrons. The summed E-state index contributed by atoms with van der Waals surface area (Å²) in [7, 11) is 0. The fourth-order valence-electron chi connectivity index (χ4n) is 3.43. The summed E-state index contributed by atoms with van der Waals surface area (Å²) in [6.45, 7) is 4.44. The second kappa shape index (κ2) is 9.55. The molecule has 33 heavy (non-hydrogen) atoms. The number of carbonyl (C=O) groups excluding carboxylic acids is 1. The van der Waals surface area contributed by atoms with Crippen molar-refractivity contribution in [1.29, 1.82) is 0 Å². The van der Waals surface area contributed by atoms with Gasteiger partial charge in [0.2, 0.25) is 0 Å². The third-order valence-corrected chi connectivity index (χ3v) is 6.35. The number of aromatic nitrogens is 2. The summed E-state index contributed by atoms with van der Waals surface area (Å²) in [4.78, 5) is 25.9. The Kier molecular flexibility index (Phi) is 6.57. The summed E-state index contributed by atoms with van der Waals surface area (Å²) >= 11 is 6.55. The van der Waals surface area contributed by atoms with Gasteiger partial charge in [0.25, 0.3) is 5.91 Å². The molecule has 0 atom stereocenters. The fraction of sp³-hybridized carbons (Fsp3) is 0.174. The lowest BCUT2D eigenvalue weighted by Gasteiger charge is -2.09. The van der Waals surface area contributed by atoms with Crippen molar-refractivity contribution in [2.45, 2.75) is 13.8 Å². The molecule has 8 nitrogen and oxygen atoms in total. The molecular weight excluding hydrogens is 460 g/mol. The Morgan fingerprint density at radius 3 is 2.61 bits per heavy atom. The van der Waals surface area contributed by atoms with Crippen molar-refractivity contribution >= 4 is 46.0 Å². The molecule has 1 aliphatic heterocycles. The molecule has 2 heterocycles. The molecule has 0 unspecified atom stereocenters. The van der Waals surface area contributed by atoms with E-state index in [4.69, 9.17) is 22.1 Å². The van der Waals surface area contributed by atoms with Crippen LogP contribution in [-0.4, -0.2) is 43.0 Å². The largest absolute Gasteiger partial charge is 0.487 e. The van der Waals surface area contributed by atoms with E-state index in [0.29, 0.717) is 39.2 Å². The highest BCUT2D eigenvalue weighted by Gasteiger charge is 2.31. The van der Waals surface area contributed by atoms with E-state index in [0.717, 1.165) is 5.69 Å². The Bertz CT molecular complexity index is 1270. The molecule has 0 radical (unpaired) electrons. The second-order valence-corrected chi connectivity index (χ2v) is 8.69. The highest BCUT2D eigenvalue weighted by molar-refractivity contribution is 8.26. The van der Waals surface area contributed by atoms with Crippen LogP contribution in [-0.2, 0) is 4.79 Å². The first kappa shape index (κ1) is 22.7. The minimum atomic E-state index is -0.477. The average molecular weight is 481 g/mol. The fourth-order valence-corrected chi connectivity index (χ4v) is 4.80. The Balaban J connectivity index is 1.86. The average Bonchev–Trinajstić information content (AvgIpc) is 3.35. The molecule has 1 saturated heterocycles. The monoisotopic (exact) mass is 480 g/mol. The van der Waals surface area contributed by atoms with Crippen LogP contribution in [0.15, 0.2) is 59.6 Å². The number of carbonyl (C=O) groups is 1. The van der Waals surface area contributed by atoms with Gasteiger partial charge in [0.05, 0.1) is 22.1 Å². The predicted octanol–water partition coefficient (Wildman–Crippen LogP) is 5.07. The summed E-state index contributed by atoms with van der Waals surface area (Å²) in [6, 6.07) is 14.2. The Hall–Kier alpha value is -3.50. The molecule has 1 amide bonds. The first-order valence-electron chi connectivity index (χ1n) is 10.2. The summed E-state index contributed by atoms with van der Waals surface area (Å²) < 4.78 is 7.59. The maximum Gasteiger partial charge on any atom is 0.311 e. The number of thioether (sulfide) groups is 1. The minimum Gasteiger partial charge on any atom is -0.487 e. The SMILES string of the molecule is CCOc1ccc(-c2nn(-c3ccccc3)cc2C=C2SC(=S)N(CC)C2=O)cc1[N+](=O)[O-]. The predicted molar refractivity (Wildman–Crippen MR) is 132 cm³/mol. The van der Waals surface area contributed by atoms with Crippen LogP contribution >= 0.6 is 24.0 Å². The zero-order valence-electron chi connectivity index (χ0n) is 17.9. The van der Waals surface area contributed by atoms with E-state index in [1.807, 2.05) is 37.3 Å². The minimum absolute atomic E-state index is 0.146. The molecular formula is C23H20N4O4S2. The first-order valence-corrected chi connectivity index (χ1v) is 11.5. The van der Waals surface area contributed by atoms with Crippen molar-refractivity contribution in [2.24, 2.45) is 0 Å². The molecule has 0 saturated carbocycles. The van der Waals surface area contributed by atoms with E-state index >= 15 is 0 Å². The van der Waals surface area contributed by atoms with Crippen LogP contribution in [0.2, 0.25) is 0 Å². The van der Waals surface area contributed by atoms with Gasteiger partial charge in [-0.2, -0.15) is 5.10 Å². The molecule has 0 N–H and O–H groups in total. The van der Waals surface area contributed by atoms with Gasteiger partial charge in [-0.3, -0.25) is 19.8 Å². The molecule has 2 aromatic carbocycles. The van der Waals surface area contributed by atoms with Crippen LogP contribution in [0.4, 0.5) is 5.69 Å². The number of hydrogen-bond donors (Lipinski definition) is 0. The lowest BCUT2D eigenvalue weighted by Crippen LogP contribution is -2.27. The van der Waals surface area contributed by atoms with Crippen LogP contribution in [0.3, 0.4) is 0 Å². The molecule has 0 bridgehead atoms. The highest BCUT2D eigenvalue weighted by atomic mass is 32.2. The molecule has 3 aromatic rings. The number of nitro benzene ring substituents is 1. The van der Waals surface area contributed by atoms with E-state index in [1.165, 1.54) is 22.7 Å². The van der Waals surface area contributed by atoms with Crippen LogP contribution in [0.5, 0.6) is 5.75 Å². The number of nitro groups is 1. The van der Waals surface area contributed by atoms with E-state index in [9.17, 15) is 14.9 Å². The summed E-state index contributed by atoms with van der Waals surface area (Å²) in [5, 5.41) is 16.3. The second-order valence-electron chi connectivity index (χ2n) is 7.01. The van der Waals surface area contributed by atoms with Crippen molar-refractivity contribution < 1.29 is 14.5 Å². The van der Waals surface area contributed by atoms with Gasteiger partial charge >= 0.3 is 5.69 Å². The van der Waals surface area contributed by atoms with Crippen LogP contribution in [0.25, 0.3) is 23.0 Å². The third kappa shape index (κ3) is 4.53. The van der Waals surface area contributed by atoms with Gasteiger partial charge in [-0.25, -0.2) is 4.68 Å². The Morgan fingerprint density at radius 1 is 1.21 bits per heavy atom. The number of likely N-dealkylation sites (N-methyl/N-ethyl adjacent to an activating group) is 1. The van der Waals surface area contributed by atoms with Crippen molar-refractivity contribution in [3.05, 3.63) is 75.3 Å². The smallest absolute Gasteiger partial charge is 0.311 e. The van der Waals surface area contributed by atoms with Crippen molar-refractivity contribution in [3.8, 4) is 22.7 Å². The van der Waals surface area contributed by atoms with Crippen LogP contribution in [0.1, 0.15) is 19.4 Å². The molecule has 1 aliphatic rings. The summed E-state index contributed by atoms with van der Waals surface area (Å²) in [6.07, 6.45) is 3.53. The standard InChI is InChI=1S/C23H20N4O4S2/c1-3-25-22(28)20(33-23(25)32)13-16-14-26(17-8-6-5-7-9-17)24-21(16)15-10-11-19(31-4-2)18(12-15)27(29)30/h5-14H,3-4H2,1-2H3. The Morgan fingerprint density at radius 2 is 1.97 bits per heavy atom. The Labute approximate surface area is 200 Å². The van der Waals surface area contributed by atoms with Gasteiger partial charge in [0, 0.05) is 29.9 Å². The molecule has 4 rings (SSSR count). The molecule has 1 fully saturated rings. The normalized spacial score (nSPS) is 14.8. The van der Waals surface area contributed by atoms with Gasteiger partial charge < -0.3 is 4.74 Å². The van der Waals surface area contributed by atoms with Gasteiger partial charge in [0.1, 0.15) is 10.0 Å². The van der Waals surface area contributed by atoms with Gasteiger partial charge in [-0.05, 0) is 44.2 Å². The van der Waals surface area contributed by atoms with E-state index < -0.39 is 4.92 Å². The van der Waals surface area contributed by atoms with Crippen molar-refractivity contribution in [1.82, 2.24) is 14.7 Å². The first-order chi connectivity index (χ1) is 15.9.